The van der Waals surface area contributed by atoms with Crippen LogP contribution < -0.4 is 15.4 Å². The van der Waals surface area contributed by atoms with Gasteiger partial charge in [0.05, 0.1) is 5.69 Å². The summed E-state index contributed by atoms with van der Waals surface area (Å²) in [4.78, 5) is 14.2. The second-order valence-corrected chi connectivity index (χ2v) is 6.10. The lowest BCUT2D eigenvalue weighted by molar-refractivity contribution is -0.125. The highest BCUT2D eigenvalue weighted by molar-refractivity contribution is 5.99. The molecule has 2 rings (SSSR count). The van der Waals surface area contributed by atoms with Gasteiger partial charge in [0.2, 0.25) is 0 Å². The first-order chi connectivity index (χ1) is 9.95. The molecule has 0 saturated heterocycles. The van der Waals surface area contributed by atoms with E-state index in [4.69, 9.17) is 10.5 Å². The summed E-state index contributed by atoms with van der Waals surface area (Å²) >= 11 is 0. The molecule has 0 saturated carbocycles. The summed E-state index contributed by atoms with van der Waals surface area (Å²) in [6.45, 7) is 8.86. The normalized spacial score (nSPS) is 19.4. The van der Waals surface area contributed by atoms with Crippen molar-refractivity contribution in [3.63, 3.8) is 0 Å². The first kappa shape index (κ1) is 15.8. The van der Waals surface area contributed by atoms with Gasteiger partial charge in [-0.3, -0.25) is 4.79 Å². The van der Waals surface area contributed by atoms with E-state index < -0.39 is 6.10 Å². The Morgan fingerprint density at radius 1 is 1.38 bits per heavy atom. The van der Waals surface area contributed by atoms with Crippen LogP contribution >= 0.6 is 0 Å². The quantitative estimate of drug-likeness (QED) is 0.905. The standard InChI is InChI=1S/C17H26N2O2/c1-5-6-9-19-14-10-13(16(18)11(2)3)7-8-15(14)21-12(4)17(19)20/h7-8,10-12,16H,5-6,9,18H2,1-4H3. The van der Waals surface area contributed by atoms with Crippen LogP contribution in [0, 0.1) is 5.92 Å². The number of amides is 1. The number of hydrogen-bond acceptors (Lipinski definition) is 3. The number of nitrogens with zero attached hydrogens (tertiary/aromatic N) is 1. The van der Waals surface area contributed by atoms with Crippen molar-refractivity contribution in [3.05, 3.63) is 23.8 Å². The van der Waals surface area contributed by atoms with Gasteiger partial charge in [0.15, 0.2) is 6.10 Å². The second-order valence-electron chi connectivity index (χ2n) is 6.10. The molecular weight excluding hydrogens is 264 g/mol. The van der Waals surface area contributed by atoms with Gasteiger partial charge in [-0.15, -0.1) is 0 Å². The third-order valence-electron chi connectivity index (χ3n) is 4.03. The number of nitrogens with two attached hydrogens (primary N) is 1. The molecule has 2 atom stereocenters. The Labute approximate surface area is 127 Å². The number of anilines is 1. The van der Waals surface area contributed by atoms with Crippen molar-refractivity contribution in [2.75, 3.05) is 11.4 Å². The Balaban J connectivity index is 2.38. The first-order valence-electron chi connectivity index (χ1n) is 7.83. The van der Waals surface area contributed by atoms with E-state index in [-0.39, 0.29) is 11.9 Å². The average molecular weight is 290 g/mol. The van der Waals surface area contributed by atoms with Gasteiger partial charge < -0.3 is 15.4 Å². The minimum atomic E-state index is -0.418. The predicted octanol–water partition coefficient (Wildman–Crippen LogP) is 3.26. The minimum absolute atomic E-state index is 0.0298. The van der Waals surface area contributed by atoms with Gasteiger partial charge >= 0.3 is 0 Å². The van der Waals surface area contributed by atoms with Crippen LogP contribution in [-0.4, -0.2) is 18.6 Å². The largest absolute Gasteiger partial charge is 0.479 e. The summed E-state index contributed by atoms with van der Waals surface area (Å²) in [6.07, 6.45) is 1.62. The first-order valence-corrected chi connectivity index (χ1v) is 7.83. The molecule has 0 aliphatic carbocycles. The van der Waals surface area contributed by atoms with E-state index in [0.29, 0.717) is 5.92 Å². The fraction of sp³-hybridized carbons (Fsp3) is 0.588. The number of ether oxygens (including phenoxy) is 1. The minimum Gasteiger partial charge on any atom is -0.479 e. The van der Waals surface area contributed by atoms with E-state index in [9.17, 15) is 4.79 Å². The predicted molar refractivity (Wildman–Crippen MR) is 85.6 cm³/mol. The monoisotopic (exact) mass is 290 g/mol. The zero-order chi connectivity index (χ0) is 15.6. The molecule has 1 amide bonds. The SMILES string of the molecule is CCCCN1C(=O)C(C)Oc2ccc(C(N)C(C)C)cc21. The van der Waals surface area contributed by atoms with Crippen LogP contribution in [0.1, 0.15) is 52.1 Å². The maximum Gasteiger partial charge on any atom is 0.267 e. The number of carbonyl (C=O) groups is 1. The molecule has 4 heteroatoms. The van der Waals surface area contributed by atoms with Crippen LogP contribution in [0.2, 0.25) is 0 Å². The molecule has 2 unspecified atom stereocenters. The number of hydrogen-bond donors (Lipinski definition) is 1. The van der Waals surface area contributed by atoms with Crippen LogP contribution in [0.25, 0.3) is 0 Å². The van der Waals surface area contributed by atoms with Crippen molar-refractivity contribution in [1.82, 2.24) is 0 Å². The molecule has 1 aliphatic heterocycles. The molecule has 0 bridgehead atoms. The number of carbonyl (C=O) groups excluding carboxylic acids is 1. The lowest BCUT2D eigenvalue weighted by atomic mass is 9.96. The molecular formula is C17H26N2O2. The Morgan fingerprint density at radius 3 is 2.71 bits per heavy atom. The van der Waals surface area contributed by atoms with E-state index in [0.717, 1.165) is 36.4 Å². The fourth-order valence-electron chi connectivity index (χ4n) is 2.56. The molecule has 1 aromatic rings. The van der Waals surface area contributed by atoms with E-state index in [1.807, 2.05) is 23.1 Å². The lowest BCUT2D eigenvalue weighted by Gasteiger charge is -2.34. The molecule has 4 nitrogen and oxygen atoms in total. The van der Waals surface area contributed by atoms with Crippen LogP contribution in [0.15, 0.2) is 18.2 Å². The van der Waals surface area contributed by atoms with Crippen LogP contribution in [0.4, 0.5) is 5.69 Å². The van der Waals surface area contributed by atoms with Gasteiger partial charge in [-0.25, -0.2) is 0 Å². The third kappa shape index (κ3) is 3.21. The second kappa shape index (κ2) is 6.48. The summed E-state index contributed by atoms with van der Waals surface area (Å²) in [5.41, 5.74) is 8.15. The van der Waals surface area contributed by atoms with Gasteiger partial charge in [0, 0.05) is 12.6 Å². The van der Waals surface area contributed by atoms with Gasteiger partial charge in [-0.05, 0) is 37.0 Å². The molecule has 1 heterocycles. The molecule has 0 spiro atoms. The van der Waals surface area contributed by atoms with Gasteiger partial charge in [0.1, 0.15) is 5.75 Å². The van der Waals surface area contributed by atoms with Crippen molar-refractivity contribution in [2.45, 2.75) is 52.7 Å². The van der Waals surface area contributed by atoms with Crippen molar-refractivity contribution in [3.8, 4) is 5.75 Å². The maximum atomic E-state index is 12.4. The van der Waals surface area contributed by atoms with Crippen molar-refractivity contribution >= 4 is 11.6 Å². The number of rotatable bonds is 5. The molecule has 0 aromatic heterocycles. The molecule has 2 N–H and O–H groups in total. The van der Waals surface area contributed by atoms with E-state index in [2.05, 4.69) is 20.8 Å². The highest BCUT2D eigenvalue weighted by Crippen LogP contribution is 2.37. The van der Waals surface area contributed by atoms with Gasteiger partial charge in [-0.1, -0.05) is 33.3 Å². The van der Waals surface area contributed by atoms with Crippen LogP contribution in [0.5, 0.6) is 5.75 Å². The smallest absolute Gasteiger partial charge is 0.267 e. The van der Waals surface area contributed by atoms with E-state index >= 15 is 0 Å². The highest BCUT2D eigenvalue weighted by Gasteiger charge is 2.31. The molecule has 116 valence electrons. The maximum absolute atomic E-state index is 12.4. The third-order valence-corrected chi connectivity index (χ3v) is 4.03. The molecule has 1 aliphatic rings. The zero-order valence-corrected chi connectivity index (χ0v) is 13.4. The molecule has 0 fully saturated rings. The average Bonchev–Trinajstić information content (AvgIpc) is 2.46. The number of unbranched alkanes of at least 4 members (excludes halogenated alkanes) is 1. The van der Waals surface area contributed by atoms with Crippen molar-refractivity contribution < 1.29 is 9.53 Å². The summed E-state index contributed by atoms with van der Waals surface area (Å²) < 4.78 is 5.72. The van der Waals surface area contributed by atoms with Crippen molar-refractivity contribution in [2.24, 2.45) is 11.7 Å². The molecule has 1 aromatic carbocycles. The van der Waals surface area contributed by atoms with E-state index in [1.54, 1.807) is 6.92 Å². The van der Waals surface area contributed by atoms with Gasteiger partial charge in [0.25, 0.3) is 5.91 Å². The Kier molecular flexibility index (Phi) is 4.88. The van der Waals surface area contributed by atoms with Crippen molar-refractivity contribution in [1.29, 1.82) is 0 Å². The number of benzene rings is 1. The topological polar surface area (TPSA) is 55.6 Å². The number of fused-ring (bicyclic) bond motifs is 1. The fourth-order valence-corrected chi connectivity index (χ4v) is 2.56. The molecule has 21 heavy (non-hydrogen) atoms. The molecule has 0 radical (unpaired) electrons. The Bertz CT molecular complexity index is 514. The Morgan fingerprint density at radius 2 is 2.10 bits per heavy atom. The van der Waals surface area contributed by atoms with Gasteiger partial charge in [-0.2, -0.15) is 0 Å². The van der Waals surface area contributed by atoms with E-state index in [1.165, 1.54) is 0 Å². The zero-order valence-electron chi connectivity index (χ0n) is 13.4. The Hall–Kier alpha value is -1.55. The summed E-state index contributed by atoms with van der Waals surface area (Å²) in [7, 11) is 0. The summed E-state index contributed by atoms with van der Waals surface area (Å²) in [6, 6.07) is 5.93. The lowest BCUT2D eigenvalue weighted by Crippen LogP contribution is -2.45. The van der Waals surface area contributed by atoms with Crippen LogP contribution in [0.3, 0.4) is 0 Å². The van der Waals surface area contributed by atoms with Crippen LogP contribution in [-0.2, 0) is 4.79 Å². The summed E-state index contributed by atoms with van der Waals surface area (Å²) in [5, 5.41) is 0. The highest BCUT2D eigenvalue weighted by atomic mass is 16.5. The summed E-state index contributed by atoms with van der Waals surface area (Å²) in [5.74, 6) is 1.16.